The standard InChI is InChI=1S/C21H26N2O/c1-14(2)15-8-10-16(11-9-15)18-12-19(18)21(24)23-13-20(22)17-6-4-3-5-7-17/h3-11,14,18-20H,12-13,22H2,1-2H3,(H,23,24). The van der Waals surface area contributed by atoms with E-state index in [-0.39, 0.29) is 17.9 Å². The molecule has 1 aliphatic rings. The molecule has 0 radical (unpaired) electrons. The molecule has 0 spiro atoms. The van der Waals surface area contributed by atoms with Gasteiger partial charge in [0.1, 0.15) is 0 Å². The van der Waals surface area contributed by atoms with Crippen molar-refractivity contribution in [2.75, 3.05) is 6.54 Å². The summed E-state index contributed by atoms with van der Waals surface area (Å²) >= 11 is 0. The molecule has 3 nitrogen and oxygen atoms in total. The second-order valence-electron chi connectivity index (χ2n) is 7.03. The first-order valence-electron chi connectivity index (χ1n) is 8.74. The van der Waals surface area contributed by atoms with Gasteiger partial charge in [0.2, 0.25) is 5.91 Å². The SMILES string of the molecule is CC(C)c1ccc(C2CC2C(=O)NCC(N)c2ccccc2)cc1. The van der Waals surface area contributed by atoms with Gasteiger partial charge in [-0.05, 0) is 34.9 Å². The van der Waals surface area contributed by atoms with Crippen molar-refractivity contribution in [3.63, 3.8) is 0 Å². The predicted molar refractivity (Wildman–Crippen MR) is 97.8 cm³/mol. The average Bonchev–Trinajstić information content (AvgIpc) is 3.41. The van der Waals surface area contributed by atoms with Gasteiger partial charge in [-0.3, -0.25) is 4.79 Å². The molecule has 0 bridgehead atoms. The van der Waals surface area contributed by atoms with Crippen molar-refractivity contribution in [2.24, 2.45) is 11.7 Å². The largest absolute Gasteiger partial charge is 0.354 e. The predicted octanol–water partition coefficient (Wildman–Crippen LogP) is 3.73. The Labute approximate surface area is 144 Å². The lowest BCUT2D eigenvalue weighted by Crippen LogP contribution is -2.33. The van der Waals surface area contributed by atoms with E-state index in [9.17, 15) is 4.79 Å². The molecule has 1 aliphatic carbocycles. The Morgan fingerprint density at radius 1 is 1.08 bits per heavy atom. The van der Waals surface area contributed by atoms with E-state index < -0.39 is 0 Å². The zero-order valence-electron chi connectivity index (χ0n) is 14.4. The van der Waals surface area contributed by atoms with Crippen LogP contribution in [0.25, 0.3) is 0 Å². The van der Waals surface area contributed by atoms with Crippen LogP contribution in [0.1, 0.15) is 54.8 Å². The Kier molecular flexibility index (Phi) is 5.00. The quantitative estimate of drug-likeness (QED) is 0.851. The number of benzene rings is 2. The van der Waals surface area contributed by atoms with E-state index in [0.717, 1.165) is 12.0 Å². The number of hydrogen-bond donors (Lipinski definition) is 2. The number of nitrogens with one attached hydrogen (secondary N) is 1. The molecule has 0 aliphatic heterocycles. The first-order valence-corrected chi connectivity index (χ1v) is 8.74. The molecule has 2 aromatic rings. The van der Waals surface area contributed by atoms with E-state index in [1.54, 1.807) is 0 Å². The molecule has 3 rings (SSSR count). The highest BCUT2D eigenvalue weighted by Crippen LogP contribution is 2.47. The minimum absolute atomic E-state index is 0.0953. The summed E-state index contributed by atoms with van der Waals surface area (Å²) in [5.74, 6) is 1.12. The van der Waals surface area contributed by atoms with Crippen molar-refractivity contribution in [3.05, 3.63) is 71.3 Å². The van der Waals surface area contributed by atoms with Gasteiger partial charge in [0.25, 0.3) is 0 Å². The Morgan fingerprint density at radius 2 is 1.75 bits per heavy atom. The molecular formula is C21H26N2O. The highest BCUT2D eigenvalue weighted by Gasteiger charge is 2.43. The number of amides is 1. The summed E-state index contributed by atoms with van der Waals surface area (Å²) in [6, 6.07) is 18.4. The van der Waals surface area contributed by atoms with Crippen LogP contribution in [0.4, 0.5) is 0 Å². The lowest BCUT2D eigenvalue weighted by atomic mass is 10.00. The maximum absolute atomic E-state index is 12.3. The maximum Gasteiger partial charge on any atom is 0.223 e. The fourth-order valence-electron chi connectivity index (χ4n) is 3.14. The first-order chi connectivity index (χ1) is 11.6. The Bertz CT molecular complexity index is 679. The van der Waals surface area contributed by atoms with E-state index >= 15 is 0 Å². The zero-order chi connectivity index (χ0) is 17.1. The molecule has 1 fully saturated rings. The summed E-state index contributed by atoms with van der Waals surface area (Å²) in [7, 11) is 0. The van der Waals surface area contributed by atoms with Gasteiger partial charge in [-0.2, -0.15) is 0 Å². The van der Waals surface area contributed by atoms with Crippen LogP contribution < -0.4 is 11.1 Å². The molecule has 3 unspecified atom stereocenters. The van der Waals surface area contributed by atoms with Gasteiger partial charge in [-0.1, -0.05) is 68.4 Å². The number of nitrogens with two attached hydrogens (primary N) is 1. The van der Waals surface area contributed by atoms with Crippen LogP contribution >= 0.6 is 0 Å². The van der Waals surface area contributed by atoms with E-state index in [1.165, 1.54) is 11.1 Å². The number of hydrogen-bond acceptors (Lipinski definition) is 2. The van der Waals surface area contributed by atoms with Crippen LogP contribution in [0.2, 0.25) is 0 Å². The molecule has 3 atom stereocenters. The molecule has 0 saturated heterocycles. The van der Waals surface area contributed by atoms with Gasteiger partial charge in [-0.15, -0.1) is 0 Å². The Balaban J connectivity index is 1.51. The Hall–Kier alpha value is -2.13. The van der Waals surface area contributed by atoms with E-state index in [2.05, 4.69) is 43.4 Å². The number of carbonyl (C=O) groups excluding carboxylic acids is 1. The van der Waals surface area contributed by atoms with Crippen molar-refractivity contribution in [1.82, 2.24) is 5.32 Å². The van der Waals surface area contributed by atoms with Crippen LogP contribution in [-0.2, 0) is 4.79 Å². The monoisotopic (exact) mass is 322 g/mol. The molecule has 1 saturated carbocycles. The second kappa shape index (κ2) is 7.18. The molecule has 126 valence electrons. The average molecular weight is 322 g/mol. The topological polar surface area (TPSA) is 55.1 Å². The Morgan fingerprint density at radius 3 is 2.38 bits per heavy atom. The summed E-state index contributed by atoms with van der Waals surface area (Å²) in [6.07, 6.45) is 0.938. The minimum atomic E-state index is -0.155. The second-order valence-corrected chi connectivity index (χ2v) is 7.03. The van der Waals surface area contributed by atoms with Gasteiger partial charge >= 0.3 is 0 Å². The summed E-state index contributed by atoms with van der Waals surface area (Å²) in [6.45, 7) is 4.87. The maximum atomic E-state index is 12.3. The van der Waals surface area contributed by atoms with Crippen LogP contribution in [0.5, 0.6) is 0 Å². The third kappa shape index (κ3) is 3.85. The first kappa shape index (κ1) is 16.7. The lowest BCUT2D eigenvalue weighted by molar-refractivity contribution is -0.122. The third-order valence-electron chi connectivity index (χ3n) is 4.88. The molecule has 24 heavy (non-hydrogen) atoms. The molecule has 3 N–H and O–H groups in total. The highest BCUT2D eigenvalue weighted by atomic mass is 16.2. The van der Waals surface area contributed by atoms with Crippen molar-refractivity contribution >= 4 is 5.91 Å². The van der Waals surface area contributed by atoms with Crippen molar-refractivity contribution in [3.8, 4) is 0 Å². The van der Waals surface area contributed by atoms with Crippen LogP contribution in [0.15, 0.2) is 54.6 Å². The number of rotatable bonds is 6. The summed E-state index contributed by atoms with van der Waals surface area (Å²) in [4.78, 5) is 12.3. The normalized spacial score (nSPS) is 20.7. The van der Waals surface area contributed by atoms with E-state index in [0.29, 0.717) is 18.4 Å². The highest BCUT2D eigenvalue weighted by molar-refractivity contribution is 5.82. The third-order valence-corrected chi connectivity index (χ3v) is 4.88. The minimum Gasteiger partial charge on any atom is -0.354 e. The smallest absolute Gasteiger partial charge is 0.223 e. The van der Waals surface area contributed by atoms with Crippen LogP contribution in [0.3, 0.4) is 0 Å². The van der Waals surface area contributed by atoms with E-state index in [1.807, 2.05) is 30.3 Å². The van der Waals surface area contributed by atoms with Gasteiger partial charge in [0, 0.05) is 18.5 Å². The summed E-state index contributed by atoms with van der Waals surface area (Å²) < 4.78 is 0. The zero-order valence-corrected chi connectivity index (χ0v) is 14.4. The molecule has 3 heteroatoms. The molecule has 0 aromatic heterocycles. The van der Waals surface area contributed by atoms with Gasteiger partial charge in [0.05, 0.1) is 0 Å². The lowest BCUT2D eigenvalue weighted by Gasteiger charge is -2.13. The van der Waals surface area contributed by atoms with Crippen LogP contribution in [0, 0.1) is 5.92 Å². The fraction of sp³-hybridized carbons (Fsp3) is 0.381. The van der Waals surface area contributed by atoms with Gasteiger partial charge in [0.15, 0.2) is 0 Å². The van der Waals surface area contributed by atoms with E-state index in [4.69, 9.17) is 5.73 Å². The molecular weight excluding hydrogens is 296 g/mol. The molecule has 2 aromatic carbocycles. The van der Waals surface area contributed by atoms with Crippen LogP contribution in [-0.4, -0.2) is 12.5 Å². The van der Waals surface area contributed by atoms with Crippen molar-refractivity contribution < 1.29 is 4.79 Å². The fourth-order valence-corrected chi connectivity index (χ4v) is 3.14. The van der Waals surface area contributed by atoms with Crippen molar-refractivity contribution in [2.45, 2.75) is 38.1 Å². The van der Waals surface area contributed by atoms with Gasteiger partial charge in [-0.25, -0.2) is 0 Å². The number of carbonyl (C=O) groups is 1. The summed E-state index contributed by atoms with van der Waals surface area (Å²) in [5.41, 5.74) is 9.80. The van der Waals surface area contributed by atoms with Gasteiger partial charge < -0.3 is 11.1 Å². The summed E-state index contributed by atoms with van der Waals surface area (Å²) in [5, 5.41) is 3.01. The molecule has 0 heterocycles. The van der Waals surface area contributed by atoms with Crippen molar-refractivity contribution in [1.29, 1.82) is 0 Å². The molecule has 1 amide bonds.